The van der Waals surface area contributed by atoms with Crippen molar-refractivity contribution in [2.75, 3.05) is 30.5 Å². The van der Waals surface area contributed by atoms with Gasteiger partial charge >= 0.3 is 0 Å². The van der Waals surface area contributed by atoms with Crippen LogP contribution in [0.25, 0.3) is 10.8 Å². The molecule has 1 fully saturated rings. The highest BCUT2D eigenvalue weighted by Gasteiger charge is 2.38. The van der Waals surface area contributed by atoms with Crippen LogP contribution in [0.4, 0.5) is 5.69 Å². The third-order valence-electron chi connectivity index (χ3n) is 7.88. The molecule has 0 unspecified atom stereocenters. The minimum absolute atomic E-state index is 0.0363. The van der Waals surface area contributed by atoms with E-state index in [1.807, 2.05) is 30.3 Å². The molecule has 0 aliphatic carbocycles. The summed E-state index contributed by atoms with van der Waals surface area (Å²) in [5, 5.41) is 1.85. The normalized spacial score (nSPS) is 18.7. The number of sulfonamides is 1. The number of hydrogen-bond acceptors (Lipinski definition) is 3. The summed E-state index contributed by atoms with van der Waals surface area (Å²) in [4.78, 5) is 2.94. The highest BCUT2D eigenvalue weighted by molar-refractivity contribution is 7.93. The smallest absolute Gasteiger partial charge is 0.265 e. The van der Waals surface area contributed by atoms with Crippen molar-refractivity contribution in [3.8, 4) is 0 Å². The van der Waals surface area contributed by atoms with Crippen LogP contribution in [-0.2, 0) is 15.4 Å². The van der Waals surface area contributed by atoms with Gasteiger partial charge in [-0.3, -0.25) is 4.31 Å². The Bertz CT molecular complexity index is 1400. The first-order chi connectivity index (χ1) is 17.1. The molecule has 0 N–H and O–H groups in total. The highest BCUT2D eigenvalue weighted by Crippen LogP contribution is 2.43. The van der Waals surface area contributed by atoms with E-state index < -0.39 is 10.0 Å². The minimum atomic E-state index is -3.48. The topological polar surface area (TPSA) is 40.6 Å². The number of nitrogens with zero attached hydrogens (tertiary/aromatic N) is 2. The molecule has 6 rings (SSSR count). The summed E-state index contributed by atoms with van der Waals surface area (Å²) in [6.45, 7) is 3.42. The molecule has 0 amide bonds. The van der Waals surface area contributed by atoms with Crippen LogP contribution in [0.3, 0.4) is 0 Å². The van der Waals surface area contributed by atoms with E-state index in [-0.39, 0.29) is 5.41 Å². The molecule has 35 heavy (non-hydrogen) atoms. The van der Waals surface area contributed by atoms with Gasteiger partial charge in [-0.15, -0.1) is 0 Å². The zero-order valence-corrected chi connectivity index (χ0v) is 20.6. The lowest BCUT2D eigenvalue weighted by Crippen LogP contribution is -2.44. The fourth-order valence-electron chi connectivity index (χ4n) is 6.05. The number of benzene rings is 4. The Labute approximate surface area is 207 Å². The van der Waals surface area contributed by atoms with Crippen molar-refractivity contribution in [1.29, 1.82) is 0 Å². The van der Waals surface area contributed by atoms with Crippen molar-refractivity contribution in [3.05, 3.63) is 108 Å². The largest absolute Gasteiger partial charge is 0.303 e. The lowest BCUT2D eigenvalue weighted by atomic mass is 9.68. The molecule has 0 bridgehead atoms. The lowest BCUT2D eigenvalue weighted by molar-refractivity contribution is 0.178. The van der Waals surface area contributed by atoms with Gasteiger partial charge in [0, 0.05) is 17.3 Å². The monoisotopic (exact) mass is 482 g/mol. The van der Waals surface area contributed by atoms with Crippen molar-refractivity contribution in [3.63, 3.8) is 0 Å². The molecule has 0 radical (unpaired) electrons. The van der Waals surface area contributed by atoms with Gasteiger partial charge in [0.15, 0.2) is 0 Å². The first kappa shape index (κ1) is 22.3. The maximum absolute atomic E-state index is 13.3. The fourth-order valence-corrected chi connectivity index (χ4v) is 7.80. The molecule has 1 saturated heterocycles. The Hall–Kier alpha value is -3.15. The molecule has 0 aromatic heterocycles. The standard InChI is InChI=1S/C30H30N2O2S/c33-35(34)28-17-8-11-24-10-7-16-27(29(24)28)32(35)21-9-20-31-22-18-30(19-23-31,25-12-3-1-4-13-25)26-14-5-2-6-15-26/h1-8,10-17H,9,18-23H2. The summed E-state index contributed by atoms with van der Waals surface area (Å²) in [7, 11) is -3.48. The van der Waals surface area contributed by atoms with Crippen molar-refractivity contribution in [1.82, 2.24) is 4.90 Å². The zero-order chi connectivity index (χ0) is 23.9. The number of rotatable bonds is 6. The van der Waals surface area contributed by atoms with E-state index in [9.17, 15) is 8.42 Å². The number of likely N-dealkylation sites (tertiary alicyclic amines) is 1. The second-order valence-corrected chi connectivity index (χ2v) is 11.5. The summed E-state index contributed by atoms with van der Waals surface area (Å²) in [5.41, 5.74) is 3.64. The molecular weight excluding hydrogens is 452 g/mol. The summed E-state index contributed by atoms with van der Waals surface area (Å²) in [5.74, 6) is 0. The van der Waals surface area contributed by atoms with Gasteiger partial charge < -0.3 is 4.90 Å². The van der Waals surface area contributed by atoms with Gasteiger partial charge in [0.2, 0.25) is 0 Å². The van der Waals surface area contributed by atoms with Crippen LogP contribution in [0.2, 0.25) is 0 Å². The summed E-state index contributed by atoms with van der Waals surface area (Å²) in [6.07, 6.45) is 2.94. The van der Waals surface area contributed by atoms with E-state index >= 15 is 0 Å². The molecule has 0 spiro atoms. The Morgan fingerprint density at radius 3 is 1.91 bits per heavy atom. The van der Waals surface area contributed by atoms with Gasteiger partial charge in [-0.1, -0.05) is 84.9 Å². The quantitative estimate of drug-likeness (QED) is 0.348. The lowest BCUT2D eigenvalue weighted by Gasteiger charge is -2.43. The molecule has 0 saturated carbocycles. The van der Waals surface area contributed by atoms with E-state index in [1.165, 1.54) is 11.1 Å². The van der Waals surface area contributed by atoms with Gasteiger partial charge in [-0.05, 0) is 67.5 Å². The second kappa shape index (κ2) is 8.81. The first-order valence-electron chi connectivity index (χ1n) is 12.5. The molecule has 178 valence electrons. The van der Waals surface area contributed by atoms with E-state index in [4.69, 9.17) is 0 Å². The van der Waals surface area contributed by atoms with Crippen LogP contribution >= 0.6 is 0 Å². The van der Waals surface area contributed by atoms with Gasteiger partial charge in [0.05, 0.1) is 10.6 Å². The van der Waals surface area contributed by atoms with Crippen LogP contribution < -0.4 is 4.31 Å². The predicted molar refractivity (Wildman–Crippen MR) is 142 cm³/mol. The van der Waals surface area contributed by atoms with Crippen molar-refractivity contribution in [2.45, 2.75) is 29.6 Å². The Balaban J connectivity index is 1.15. The molecule has 2 aliphatic rings. The number of anilines is 1. The maximum atomic E-state index is 13.3. The van der Waals surface area contributed by atoms with Crippen molar-refractivity contribution < 1.29 is 8.42 Å². The van der Waals surface area contributed by atoms with Crippen LogP contribution in [0.1, 0.15) is 30.4 Å². The molecule has 0 atom stereocenters. The summed E-state index contributed by atoms with van der Waals surface area (Å²) < 4.78 is 28.1. The Kier molecular flexibility index (Phi) is 5.62. The van der Waals surface area contributed by atoms with Crippen molar-refractivity contribution >= 4 is 26.5 Å². The Morgan fingerprint density at radius 2 is 1.29 bits per heavy atom. The zero-order valence-electron chi connectivity index (χ0n) is 19.8. The van der Waals surface area contributed by atoms with Gasteiger partial charge in [-0.2, -0.15) is 0 Å². The van der Waals surface area contributed by atoms with Gasteiger partial charge in [0.25, 0.3) is 10.0 Å². The maximum Gasteiger partial charge on any atom is 0.265 e. The molecule has 2 heterocycles. The van der Waals surface area contributed by atoms with E-state index in [0.717, 1.165) is 55.4 Å². The van der Waals surface area contributed by atoms with E-state index in [2.05, 4.69) is 65.6 Å². The van der Waals surface area contributed by atoms with Crippen LogP contribution in [0.5, 0.6) is 0 Å². The third kappa shape index (κ3) is 3.74. The molecule has 4 aromatic carbocycles. The molecule has 5 heteroatoms. The van der Waals surface area contributed by atoms with Crippen LogP contribution in [0, 0.1) is 0 Å². The minimum Gasteiger partial charge on any atom is -0.303 e. The predicted octanol–water partition coefficient (Wildman–Crippen LogP) is 5.82. The van der Waals surface area contributed by atoms with Crippen molar-refractivity contribution in [2.24, 2.45) is 0 Å². The second-order valence-electron chi connectivity index (χ2n) is 9.72. The summed E-state index contributed by atoms with van der Waals surface area (Å²) >= 11 is 0. The Morgan fingerprint density at radius 1 is 0.686 bits per heavy atom. The molecule has 4 aromatic rings. The highest BCUT2D eigenvalue weighted by atomic mass is 32.2. The van der Waals surface area contributed by atoms with E-state index in [0.29, 0.717) is 11.4 Å². The molecule has 4 nitrogen and oxygen atoms in total. The van der Waals surface area contributed by atoms with Gasteiger partial charge in [-0.25, -0.2) is 8.42 Å². The molecule has 2 aliphatic heterocycles. The van der Waals surface area contributed by atoms with Crippen LogP contribution in [-0.4, -0.2) is 39.5 Å². The van der Waals surface area contributed by atoms with Gasteiger partial charge in [0.1, 0.15) is 0 Å². The first-order valence-corrected chi connectivity index (χ1v) is 13.9. The number of piperidine rings is 1. The third-order valence-corrected chi connectivity index (χ3v) is 9.73. The number of hydrogen-bond donors (Lipinski definition) is 0. The average molecular weight is 483 g/mol. The fraction of sp³-hybridized carbons (Fsp3) is 0.267. The SMILES string of the molecule is O=S1(=O)c2cccc3cccc(c23)N1CCCN1CCC(c2ccccc2)(c2ccccc2)CC1. The average Bonchev–Trinajstić information content (AvgIpc) is 3.13. The van der Waals surface area contributed by atoms with Crippen LogP contribution in [0.15, 0.2) is 102 Å². The van der Waals surface area contributed by atoms with E-state index in [1.54, 1.807) is 10.4 Å². The summed E-state index contributed by atoms with van der Waals surface area (Å²) in [6, 6.07) is 33.2. The molecular formula is C30H30N2O2S.